The molecule has 7 nitrogen and oxygen atoms in total. The number of carbonyl (C=O) groups excluding carboxylic acids is 2. The van der Waals surface area contributed by atoms with Crippen LogP contribution >= 0.6 is 0 Å². The first-order valence-electron chi connectivity index (χ1n) is 10.9. The van der Waals surface area contributed by atoms with Crippen molar-refractivity contribution in [2.24, 2.45) is 0 Å². The molecule has 0 bridgehead atoms. The van der Waals surface area contributed by atoms with Gasteiger partial charge < -0.3 is 13.9 Å². The molecule has 7 heteroatoms. The van der Waals surface area contributed by atoms with E-state index >= 15 is 0 Å². The number of carbonyl (C=O) groups is 2. The van der Waals surface area contributed by atoms with Gasteiger partial charge in [-0.2, -0.15) is 0 Å². The van der Waals surface area contributed by atoms with E-state index in [0.717, 1.165) is 25.7 Å². The summed E-state index contributed by atoms with van der Waals surface area (Å²) in [5.41, 5.74) is 1.39. The van der Waals surface area contributed by atoms with Crippen LogP contribution in [0, 0.1) is 0 Å². The van der Waals surface area contributed by atoms with Gasteiger partial charge in [-0.1, -0.05) is 38.8 Å². The van der Waals surface area contributed by atoms with Crippen LogP contribution in [0.2, 0.25) is 0 Å². The van der Waals surface area contributed by atoms with E-state index in [1.165, 1.54) is 12.2 Å². The van der Waals surface area contributed by atoms with Gasteiger partial charge in [-0.25, -0.2) is 9.59 Å². The summed E-state index contributed by atoms with van der Waals surface area (Å²) in [6.45, 7) is 4.08. The lowest BCUT2D eigenvalue weighted by atomic mass is 10.2. The summed E-state index contributed by atoms with van der Waals surface area (Å²) < 4.78 is 16.3. The maximum absolute atomic E-state index is 11.8. The molecule has 170 valence electrons. The van der Waals surface area contributed by atoms with Crippen LogP contribution in [0.1, 0.15) is 39.5 Å². The van der Waals surface area contributed by atoms with Crippen molar-refractivity contribution in [3.05, 3.63) is 72.8 Å². The van der Waals surface area contributed by atoms with E-state index in [1.807, 2.05) is 13.8 Å². The largest absolute Gasteiger partial charge is 0.423 e. The van der Waals surface area contributed by atoms with Gasteiger partial charge in [0.05, 0.1) is 0 Å². The Kier molecular flexibility index (Phi) is 8.71. The number of esters is 2. The van der Waals surface area contributed by atoms with Crippen molar-refractivity contribution >= 4 is 11.9 Å². The first-order valence-corrected chi connectivity index (χ1v) is 10.9. The summed E-state index contributed by atoms with van der Waals surface area (Å²) in [6.07, 6.45) is 10.0. The van der Waals surface area contributed by atoms with Crippen LogP contribution in [-0.2, 0) is 9.59 Å². The zero-order valence-corrected chi connectivity index (χ0v) is 18.7. The minimum atomic E-state index is -0.414. The fourth-order valence-corrected chi connectivity index (χ4v) is 2.78. The highest BCUT2D eigenvalue weighted by atomic mass is 16.5. The van der Waals surface area contributed by atoms with E-state index in [0.29, 0.717) is 34.4 Å². The fourth-order valence-electron chi connectivity index (χ4n) is 2.78. The molecule has 0 spiro atoms. The van der Waals surface area contributed by atoms with Crippen molar-refractivity contribution in [1.29, 1.82) is 0 Å². The van der Waals surface area contributed by atoms with Gasteiger partial charge in [0, 0.05) is 23.3 Å². The van der Waals surface area contributed by atoms with Gasteiger partial charge in [-0.3, -0.25) is 0 Å². The van der Waals surface area contributed by atoms with Crippen molar-refractivity contribution in [3.8, 4) is 34.4 Å². The average Bonchev–Trinajstić information content (AvgIpc) is 3.31. The van der Waals surface area contributed by atoms with Gasteiger partial charge >= 0.3 is 11.9 Å². The van der Waals surface area contributed by atoms with E-state index in [4.69, 9.17) is 13.9 Å². The number of aromatic nitrogens is 2. The molecule has 3 rings (SSSR count). The number of rotatable bonds is 10. The maximum atomic E-state index is 11.8. The van der Waals surface area contributed by atoms with Crippen LogP contribution in [0.3, 0.4) is 0 Å². The molecule has 0 fully saturated rings. The van der Waals surface area contributed by atoms with Crippen molar-refractivity contribution < 1.29 is 23.5 Å². The normalized spacial score (nSPS) is 11.2. The van der Waals surface area contributed by atoms with Crippen molar-refractivity contribution in [3.63, 3.8) is 0 Å². The van der Waals surface area contributed by atoms with Gasteiger partial charge in [0.15, 0.2) is 0 Å². The molecule has 0 saturated heterocycles. The first kappa shape index (κ1) is 23.7. The number of hydrogen-bond acceptors (Lipinski definition) is 7. The van der Waals surface area contributed by atoms with Crippen molar-refractivity contribution in [2.45, 2.75) is 39.5 Å². The van der Waals surface area contributed by atoms with E-state index in [-0.39, 0.29) is 0 Å². The zero-order valence-electron chi connectivity index (χ0n) is 18.7. The Balaban J connectivity index is 1.61. The number of unbranched alkanes of at least 4 members (excludes halogenated alkanes) is 2. The quantitative estimate of drug-likeness (QED) is 0.217. The molecule has 1 heterocycles. The van der Waals surface area contributed by atoms with Gasteiger partial charge in [0.25, 0.3) is 0 Å². The molecule has 0 unspecified atom stereocenters. The third-order valence-corrected chi connectivity index (χ3v) is 4.48. The smallest absolute Gasteiger partial charge is 0.335 e. The number of benzene rings is 2. The topological polar surface area (TPSA) is 91.5 Å². The van der Waals surface area contributed by atoms with Gasteiger partial charge in [0.1, 0.15) is 11.5 Å². The number of nitrogens with zero attached hydrogens (tertiary/aromatic N) is 2. The number of allylic oxidation sites excluding steroid dienone is 2. The molecule has 3 aromatic rings. The van der Waals surface area contributed by atoms with Crippen molar-refractivity contribution in [2.75, 3.05) is 0 Å². The summed E-state index contributed by atoms with van der Waals surface area (Å²) in [5.74, 6) is 0.702. The monoisotopic (exact) mass is 446 g/mol. The predicted octanol–water partition coefficient (Wildman–Crippen LogP) is 5.93. The predicted molar refractivity (Wildman–Crippen MR) is 125 cm³/mol. The molecule has 0 amide bonds. The molecule has 0 saturated carbocycles. The summed E-state index contributed by atoms with van der Waals surface area (Å²) in [6, 6.07) is 13.6. The SMILES string of the molecule is CCCC=CC(=O)Oc1ccc(-c2nnc(-c3ccc(OC(=O)C=CCCC)cc3)o2)cc1. The Hall–Kier alpha value is -4.00. The van der Waals surface area contributed by atoms with Crippen LogP contribution in [0.25, 0.3) is 22.9 Å². The summed E-state index contributed by atoms with van der Waals surface area (Å²) in [4.78, 5) is 23.5. The molecule has 0 radical (unpaired) electrons. The molecule has 1 aromatic heterocycles. The third kappa shape index (κ3) is 7.28. The zero-order chi connectivity index (χ0) is 23.5. The lowest BCUT2D eigenvalue weighted by Gasteiger charge is -2.02. The lowest BCUT2D eigenvalue weighted by Crippen LogP contribution is -2.03. The van der Waals surface area contributed by atoms with Crippen molar-refractivity contribution in [1.82, 2.24) is 10.2 Å². The summed E-state index contributed by atoms with van der Waals surface area (Å²) >= 11 is 0. The molecule has 0 aliphatic carbocycles. The van der Waals surface area contributed by atoms with E-state index in [1.54, 1.807) is 60.7 Å². The minimum Gasteiger partial charge on any atom is -0.423 e. The van der Waals surface area contributed by atoms with Gasteiger partial charge in [-0.05, 0) is 61.4 Å². The highest BCUT2D eigenvalue weighted by molar-refractivity contribution is 5.84. The standard InChI is InChI=1S/C26H26N2O5/c1-3-5-7-9-23(29)31-21-15-11-19(12-16-21)25-27-28-26(33-25)20-13-17-22(18-14-20)32-24(30)10-8-6-4-2/h7-18H,3-6H2,1-2H3. The van der Waals surface area contributed by atoms with Crippen LogP contribution in [0.4, 0.5) is 0 Å². The highest BCUT2D eigenvalue weighted by Gasteiger charge is 2.12. The first-order chi connectivity index (χ1) is 16.1. The number of hydrogen-bond donors (Lipinski definition) is 0. The number of ether oxygens (including phenoxy) is 2. The van der Waals surface area contributed by atoms with Gasteiger partial charge in [0.2, 0.25) is 11.8 Å². The Labute approximate surface area is 192 Å². The Morgan fingerprint density at radius 1 is 0.727 bits per heavy atom. The summed E-state index contributed by atoms with van der Waals surface area (Å²) in [7, 11) is 0. The molecule has 0 N–H and O–H groups in total. The lowest BCUT2D eigenvalue weighted by molar-refractivity contribution is -0.129. The van der Waals surface area contributed by atoms with E-state index in [2.05, 4.69) is 10.2 Å². The Morgan fingerprint density at radius 3 is 1.48 bits per heavy atom. The Bertz CT molecular complexity index is 1020. The van der Waals surface area contributed by atoms with Gasteiger partial charge in [-0.15, -0.1) is 10.2 Å². The second kappa shape index (κ2) is 12.1. The maximum Gasteiger partial charge on any atom is 0.335 e. The molecular weight excluding hydrogens is 420 g/mol. The van der Waals surface area contributed by atoms with E-state index in [9.17, 15) is 9.59 Å². The highest BCUT2D eigenvalue weighted by Crippen LogP contribution is 2.26. The molecule has 0 aliphatic rings. The molecule has 2 aromatic carbocycles. The average molecular weight is 447 g/mol. The van der Waals surface area contributed by atoms with Crippen LogP contribution in [-0.4, -0.2) is 22.1 Å². The fraction of sp³-hybridized carbons (Fsp3) is 0.231. The molecule has 0 atom stereocenters. The minimum absolute atomic E-state index is 0.335. The molecular formula is C26H26N2O5. The second-order valence-electron chi connectivity index (χ2n) is 7.19. The molecule has 33 heavy (non-hydrogen) atoms. The summed E-state index contributed by atoms with van der Waals surface area (Å²) in [5, 5.41) is 8.17. The molecule has 0 aliphatic heterocycles. The van der Waals surface area contributed by atoms with Crippen LogP contribution < -0.4 is 9.47 Å². The van der Waals surface area contributed by atoms with Crippen LogP contribution in [0.5, 0.6) is 11.5 Å². The van der Waals surface area contributed by atoms with E-state index < -0.39 is 11.9 Å². The third-order valence-electron chi connectivity index (χ3n) is 4.48. The second-order valence-corrected chi connectivity index (χ2v) is 7.19. The Morgan fingerprint density at radius 2 is 1.12 bits per heavy atom. The van der Waals surface area contributed by atoms with Crippen LogP contribution in [0.15, 0.2) is 77.3 Å².